The third-order valence-electron chi connectivity index (χ3n) is 3.66. The van der Waals surface area contributed by atoms with Gasteiger partial charge in [-0.25, -0.2) is 9.97 Å². The van der Waals surface area contributed by atoms with Crippen LogP contribution in [0, 0.1) is 0 Å². The average Bonchev–Trinajstić information content (AvgIpc) is 3.04. The van der Waals surface area contributed by atoms with E-state index in [4.69, 9.17) is 16.3 Å². The first-order chi connectivity index (χ1) is 10.2. The van der Waals surface area contributed by atoms with Crippen molar-refractivity contribution in [3.63, 3.8) is 0 Å². The highest BCUT2D eigenvalue weighted by atomic mass is 79.9. The van der Waals surface area contributed by atoms with Crippen molar-refractivity contribution in [2.75, 3.05) is 7.11 Å². The molecule has 1 aliphatic rings. The first-order valence-electron chi connectivity index (χ1n) is 6.80. The van der Waals surface area contributed by atoms with E-state index in [1.165, 1.54) is 12.8 Å². The lowest BCUT2D eigenvalue weighted by atomic mass is 10.0. The molecule has 0 aromatic carbocycles. The van der Waals surface area contributed by atoms with E-state index in [0.29, 0.717) is 28.5 Å². The first kappa shape index (κ1) is 14.7. The van der Waals surface area contributed by atoms with Crippen molar-refractivity contribution in [3.8, 4) is 17.4 Å². The van der Waals surface area contributed by atoms with Crippen LogP contribution in [0.15, 0.2) is 16.6 Å². The molecule has 1 saturated carbocycles. The van der Waals surface area contributed by atoms with Crippen molar-refractivity contribution >= 4 is 27.5 Å². The topological polar surface area (TPSA) is 60.8 Å². The molecule has 0 spiro atoms. The van der Waals surface area contributed by atoms with E-state index in [-0.39, 0.29) is 0 Å². The standard InChI is InChI=1S/C14H14BrClN4O/c1-21-10-7-6-9(19-20-10)14-17-12(8-4-2-3-5-8)11(15)13(16)18-14/h6-8H,2-5H2,1H3. The molecule has 0 aliphatic heterocycles. The average molecular weight is 370 g/mol. The molecule has 21 heavy (non-hydrogen) atoms. The van der Waals surface area contributed by atoms with E-state index in [9.17, 15) is 0 Å². The normalized spacial score (nSPS) is 15.4. The van der Waals surface area contributed by atoms with Crippen LogP contribution in [0.25, 0.3) is 11.5 Å². The van der Waals surface area contributed by atoms with Crippen LogP contribution in [-0.2, 0) is 0 Å². The Kier molecular flexibility index (Phi) is 4.35. The summed E-state index contributed by atoms with van der Waals surface area (Å²) in [5.41, 5.74) is 1.56. The van der Waals surface area contributed by atoms with Crippen LogP contribution < -0.4 is 4.74 Å². The van der Waals surface area contributed by atoms with Gasteiger partial charge in [0.25, 0.3) is 0 Å². The number of halogens is 2. The van der Waals surface area contributed by atoms with E-state index in [1.807, 2.05) is 0 Å². The minimum atomic E-state index is 0.416. The molecule has 2 aromatic heterocycles. The van der Waals surface area contributed by atoms with Crippen molar-refractivity contribution < 1.29 is 4.74 Å². The van der Waals surface area contributed by atoms with Gasteiger partial charge >= 0.3 is 0 Å². The SMILES string of the molecule is COc1ccc(-c2nc(Cl)c(Br)c(C3CCCC3)n2)nn1. The van der Waals surface area contributed by atoms with Gasteiger partial charge in [0.1, 0.15) is 10.8 Å². The predicted octanol–water partition coefficient (Wildman–Crippen LogP) is 4.02. The molecule has 5 nitrogen and oxygen atoms in total. The maximum absolute atomic E-state index is 6.23. The number of ether oxygens (including phenoxy) is 1. The number of aromatic nitrogens is 4. The molecule has 1 fully saturated rings. The summed E-state index contributed by atoms with van der Waals surface area (Å²) >= 11 is 9.74. The fourth-order valence-electron chi connectivity index (χ4n) is 2.57. The Morgan fingerprint density at radius 3 is 2.57 bits per heavy atom. The predicted molar refractivity (Wildman–Crippen MR) is 83.5 cm³/mol. The Bertz CT molecular complexity index is 644. The Morgan fingerprint density at radius 1 is 1.19 bits per heavy atom. The molecule has 110 valence electrons. The summed E-state index contributed by atoms with van der Waals surface area (Å²) < 4.78 is 5.80. The fraction of sp³-hybridized carbons (Fsp3) is 0.429. The summed E-state index contributed by atoms with van der Waals surface area (Å²) in [4.78, 5) is 8.95. The van der Waals surface area contributed by atoms with Gasteiger partial charge in [-0.05, 0) is 34.8 Å². The van der Waals surface area contributed by atoms with Gasteiger partial charge in [-0.3, -0.25) is 0 Å². The molecule has 0 amide bonds. The van der Waals surface area contributed by atoms with Gasteiger partial charge in [-0.15, -0.1) is 10.2 Å². The molecule has 0 saturated heterocycles. The number of methoxy groups -OCH3 is 1. The van der Waals surface area contributed by atoms with Gasteiger partial charge in [-0.2, -0.15) is 0 Å². The zero-order valence-electron chi connectivity index (χ0n) is 11.5. The van der Waals surface area contributed by atoms with Crippen LogP contribution in [0.2, 0.25) is 5.15 Å². The van der Waals surface area contributed by atoms with Gasteiger partial charge in [0.2, 0.25) is 5.88 Å². The van der Waals surface area contributed by atoms with Crippen LogP contribution >= 0.6 is 27.5 Å². The van der Waals surface area contributed by atoms with Crippen LogP contribution in [-0.4, -0.2) is 27.3 Å². The van der Waals surface area contributed by atoms with Crippen LogP contribution in [0.3, 0.4) is 0 Å². The molecule has 0 radical (unpaired) electrons. The van der Waals surface area contributed by atoms with Gasteiger partial charge in [0.15, 0.2) is 5.82 Å². The summed E-state index contributed by atoms with van der Waals surface area (Å²) in [6.07, 6.45) is 4.74. The number of rotatable bonds is 3. The summed E-state index contributed by atoms with van der Waals surface area (Å²) in [6.45, 7) is 0. The summed E-state index contributed by atoms with van der Waals surface area (Å²) in [5, 5.41) is 8.45. The van der Waals surface area contributed by atoms with Gasteiger partial charge in [0.05, 0.1) is 17.3 Å². The third-order valence-corrected chi connectivity index (χ3v) is 4.94. The van der Waals surface area contributed by atoms with E-state index < -0.39 is 0 Å². The van der Waals surface area contributed by atoms with Crippen molar-refractivity contribution in [1.29, 1.82) is 0 Å². The molecule has 7 heteroatoms. The lowest BCUT2D eigenvalue weighted by Gasteiger charge is -2.13. The minimum absolute atomic E-state index is 0.416. The zero-order chi connectivity index (χ0) is 14.8. The quantitative estimate of drug-likeness (QED) is 0.765. The number of hydrogen-bond donors (Lipinski definition) is 0. The van der Waals surface area contributed by atoms with E-state index in [0.717, 1.165) is 23.0 Å². The molecule has 3 rings (SSSR count). The smallest absolute Gasteiger partial charge is 0.233 e. The molecule has 2 aromatic rings. The lowest BCUT2D eigenvalue weighted by molar-refractivity contribution is 0.392. The third kappa shape index (κ3) is 3.01. The fourth-order valence-corrected chi connectivity index (χ4v) is 3.25. The summed E-state index contributed by atoms with van der Waals surface area (Å²) in [5.74, 6) is 1.39. The Morgan fingerprint density at radius 2 is 1.95 bits per heavy atom. The maximum atomic E-state index is 6.23. The first-order valence-corrected chi connectivity index (χ1v) is 7.97. The van der Waals surface area contributed by atoms with Crippen molar-refractivity contribution in [1.82, 2.24) is 20.2 Å². The second kappa shape index (κ2) is 6.23. The highest BCUT2D eigenvalue weighted by molar-refractivity contribution is 9.10. The molecule has 0 unspecified atom stereocenters. The Labute approximate surface area is 136 Å². The highest BCUT2D eigenvalue weighted by Gasteiger charge is 2.24. The second-order valence-electron chi connectivity index (χ2n) is 4.98. The van der Waals surface area contributed by atoms with Crippen molar-refractivity contribution in [2.24, 2.45) is 0 Å². The zero-order valence-corrected chi connectivity index (χ0v) is 13.9. The summed E-state index contributed by atoms with van der Waals surface area (Å²) in [6, 6.07) is 3.51. The molecular weight excluding hydrogens is 356 g/mol. The van der Waals surface area contributed by atoms with Crippen LogP contribution in [0.4, 0.5) is 0 Å². The largest absolute Gasteiger partial charge is 0.480 e. The highest BCUT2D eigenvalue weighted by Crippen LogP contribution is 2.39. The molecular formula is C14H14BrClN4O. The Balaban J connectivity index is 2.01. The van der Waals surface area contributed by atoms with Crippen molar-refractivity contribution in [2.45, 2.75) is 31.6 Å². The second-order valence-corrected chi connectivity index (χ2v) is 6.13. The van der Waals surface area contributed by atoms with Crippen LogP contribution in [0.1, 0.15) is 37.3 Å². The molecule has 0 bridgehead atoms. The van der Waals surface area contributed by atoms with Crippen LogP contribution in [0.5, 0.6) is 5.88 Å². The minimum Gasteiger partial charge on any atom is -0.480 e. The number of hydrogen-bond acceptors (Lipinski definition) is 5. The summed E-state index contributed by atoms with van der Waals surface area (Å²) in [7, 11) is 1.55. The monoisotopic (exact) mass is 368 g/mol. The Hall–Kier alpha value is -1.27. The molecule has 1 aliphatic carbocycles. The van der Waals surface area contributed by atoms with Crippen molar-refractivity contribution in [3.05, 3.63) is 27.5 Å². The van der Waals surface area contributed by atoms with Gasteiger partial charge < -0.3 is 4.74 Å². The lowest BCUT2D eigenvalue weighted by Crippen LogP contribution is -2.04. The van der Waals surface area contributed by atoms with Gasteiger partial charge in [-0.1, -0.05) is 24.4 Å². The molecule has 2 heterocycles. The van der Waals surface area contributed by atoms with E-state index in [2.05, 4.69) is 36.1 Å². The molecule has 0 N–H and O–H groups in total. The van der Waals surface area contributed by atoms with Gasteiger partial charge in [0, 0.05) is 12.0 Å². The maximum Gasteiger partial charge on any atom is 0.233 e. The van der Waals surface area contributed by atoms with E-state index >= 15 is 0 Å². The van der Waals surface area contributed by atoms with E-state index in [1.54, 1.807) is 19.2 Å². The number of nitrogens with zero attached hydrogens (tertiary/aromatic N) is 4. The molecule has 0 atom stereocenters.